The van der Waals surface area contributed by atoms with Crippen LogP contribution in [0.2, 0.25) is 0 Å². The van der Waals surface area contributed by atoms with Gasteiger partial charge in [-0.15, -0.1) is 0 Å². The lowest BCUT2D eigenvalue weighted by molar-refractivity contribution is -0.118. The number of hydrogen-bond acceptors (Lipinski definition) is 7. The molecule has 0 bridgehead atoms. The Labute approximate surface area is 152 Å². The molecule has 26 heavy (non-hydrogen) atoms. The number of nitrogens with zero attached hydrogens (tertiary/aromatic N) is 3. The summed E-state index contributed by atoms with van der Waals surface area (Å²) in [5, 5.41) is 7.17. The van der Waals surface area contributed by atoms with Crippen molar-refractivity contribution >= 4 is 11.6 Å². The molecule has 1 atom stereocenters. The first-order chi connectivity index (χ1) is 12.7. The van der Waals surface area contributed by atoms with Crippen molar-refractivity contribution in [2.45, 2.75) is 25.9 Å². The number of amides is 1. The van der Waals surface area contributed by atoms with Gasteiger partial charge < -0.3 is 24.2 Å². The fourth-order valence-electron chi connectivity index (χ4n) is 2.86. The maximum Gasteiger partial charge on any atom is 0.234 e. The van der Waals surface area contributed by atoms with Gasteiger partial charge in [0.2, 0.25) is 11.8 Å². The number of anilines is 1. The summed E-state index contributed by atoms with van der Waals surface area (Å²) in [6.45, 7) is 4.49. The number of aryl methyl sites for hydroxylation is 1. The third kappa shape index (κ3) is 4.39. The van der Waals surface area contributed by atoms with Crippen LogP contribution in [0, 0.1) is 0 Å². The highest BCUT2D eigenvalue weighted by Gasteiger charge is 2.26. The Balaban J connectivity index is 1.82. The summed E-state index contributed by atoms with van der Waals surface area (Å²) in [7, 11) is 1.59. The maximum absolute atomic E-state index is 13.0. The van der Waals surface area contributed by atoms with Crippen LogP contribution in [-0.4, -0.2) is 55.5 Å². The Hall–Kier alpha value is -2.45. The number of benzene rings is 1. The molecule has 0 spiro atoms. The third-order valence-electron chi connectivity index (χ3n) is 4.19. The van der Waals surface area contributed by atoms with Crippen molar-refractivity contribution in [1.29, 1.82) is 0 Å². The summed E-state index contributed by atoms with van der Waals surface area (Å²) in [5.41, 5.74) is 0.702. The predicted molar refractivity (Wildman–Crippen MR) is 95.3 cm³/mol. The first kappa shape index (κ1) is 18.3. The number of methoxy groups -OCH3 is 1. The first-order valence-corrected chi connectivity index (χ1v) is 8.78. The molecular formula is C18H24N4O4. The van der Waals surface area contributed by atoms with Crippen molar-refractivity contribution in [3.8, 4) is 5.75 Å². The van der Waals surface area contributed by atoms with Crippen LogP contribution in [0.1, 0.15) is 18.6 Å². The van der Waals surface area contributed by atoms with Crippen LogP contribution in [0.4, 0.5) is 5.69 Å². The first-order valence-electron chi connectivity index (χ1n) is 8.78. The molecule has 0 radical (unpaired) electrons. The quantitative estimate of drug-likeness (QED) is 0.793. The zero-order chi connectivity index (χ0) is 18.4. The molecule has 8 heteroatoms. The normalized spacial score (nSPS) is 17.1. The Morgan fingerprint density at radius 3 is 2.96 bits per heavy atom. The second kappa shape index (κ2) is 8.77. The summed E-state index contributed by atoms with van der Waals surface area (Å²) in [6, 6.07) is 7.44. The molecule has 0 saturated carbocycles. The number of hydrogen-bond donors (Lipinski definition) is 1. The van der Waals surface area contributed by atoms with Gasteiger partial charge in [0.05, 0.1) is 38.5 Å². The Morgan fingerprint density at radius 1 is 1.42 bits per heavy atom. The lowest BCUT2D eigenvalue weighted by atomic mass is 10.2. The molecule has 2 aromatic rings. The molecule has 2 heterocycles. The number of aromatic nitrogens is 2. The van der Waals surface area contributed by atoms with E-state index < -0.39 is 0 Å². The van der Waals surface area contributed by atoms with Gasteiger partial charge in [-0.3, -0.25) is 4.79 Å². The minimum absolute atomic E-state index is 0.0572. The van der Waals surface area contributed by atoms with Gasteiger partial charge in [-0.1, -0.05) is 24.2 Å². The van der Waals surface area contributed by atoms with E-state index in [2.05, 4.69) is 15.5 Å². The van der Waals surface area contributed by atoms with Gasteiger partial charge >= 0.3 is 0 Å². The van der Waals surface area contributed by atoms with E-state index >= 15 is 0 Å². The number of carbonyl (C=O) groups is 1. The number of ether oxygens (including phenoxy) is 2. The van der Waals surface area contributed by atoms with Crippen LogP contribution in [-0.2, 0) is 22.4 Å². The molecule has 1 aromatic carbocycles. The van der Waals surface area contributed by atoms with Crippen molar-refractivity contribution in [1.82, 2.24) is 15.5 Å². The van der Waals surface area contributed by atoms with Crippen molar-refractivity contribution in [2.75, 3.05) is 38.3 Å². The minimum atomic E-state index is -0.132. The van der Waals surface area contributed by atoms with Gasteiger partial charge in [0.25, 0.3) is 0 Å². The molecule has 1 aliphatic heterocycles. The number of rotatable bonds is 7. The molecule has 140 valence electrons. The summed E-state index contributed by atoms with van der Waals surface area (Å²) in [5.74, 6) is 1.41. The molecule has 1 aromatic heterocycles. The van der Waals surface area contributed by atoms with Crippen LogP contribution in [0.15, 0.2) is 28.8 Å². The summed E-state index contributed by atoms with van der Waals surface area (Å²) in [4.78, 5) is 18.9. The number of carbonyl (C=O) groups excluding carboxylic acids is 1. The van der Waals surface area contributed by atoms with E-state index in [1.54, 1.807) is 12.0 Å². The van der Waals surface area contributed by atoms with Crippen LogP contribution in [0.3, 0.4) is 0 Å². The van der Waals surface area contributed by atoms with Gasteiger partial charge in [0, 0.05) is 19.5 Å². The van der Waals surface area contributed by atoms with Crippen LogP contribution in [0.5, 0.6) is 5.75 Å². The molecule has 1 aliphatic rings. The van der Waals surface area contributed by atoms with Crippen molar-refractivity contribution in [3.05, 3.63) is 36.0 Å². The topological polar surface area (TPSA) is 89.7 Å². The second-order valence-corrected chi connectivity index (χ2v) is 6.01. The maximum atomic E-state index is 13.0. The lowest BCUT2D eigenvalue weighted by Crippen LogP contribution is -2.47. The van der Waals surface area contributed by atoms with Crippen molar-refractivity contribution < 1.29 is 18.8 Å². The highest BCUT2D eigenvalue weighted by atomic mass is 16.5. The molecule has 1 N–H and O–H groups in total. The molecule has 1 amide bonds. The van der Waals surface area contributed by atoms with E-state index in [4.69, 9.17) is 14.0 Å². The smallest absolute Gasteiger partial charge is 0.234 e. The monoisotopic (exact) mass is 360 g/mol. The summed E-state index contributed by atoms with van der Waals surface area (Å²) < 4.78 is 16.3. The number of nitrogens with one attached hydrogen (secondary N) is 1. The lowest BCUT2D eigenvalue weighted by Gasteiger charge is -2.31. The standard InChI is InChI=1S/C18H24N4O4/c1-3-17-20-16(21-26-17)10-18(23)22(12-13-11-19-8-9-25-13)14-6-4-5-7-15(14)24-2/h4-7,13,19H,3,8-12H2,1-2H3. The zero-order valence-electron chi connectivity index (χ0n) is 15.1. The van der Waals surface area contributed by atoms with Gasteiger partial charge in [-0.2, -0.15) is 4.98 Å². The van der Waals surface area contributed by atoms with E-state index in [1.807, 2.05) is 31.2 Å². The largest absolute Gasteiger partial charge is 0.495 e. The minimum Gasteiger partial charge on any atom is -0.495 e. The fraction of sp³-hybridized carbons (Fsp3) is 0.500. The van der Waals surface area contributed by atoms with Gasteiger partial charge in [0.1, 0.15) is 5.75 Å². The SMILES string of the molecule is CCc1nc(CC(=O)N(CC2CNCCO2)c2ccccc2OC)no1. The zero-order valence-corrected chi connectivity index (χ0v) is 15.1. The van der Waals surface area contributed by atoms with Crippen LogP contribution >= 0.6 is 0 Å². The number of para-hydroxylation sites is 2. The van der Waals surface area contributed by atoms with Crippen molar-refractivity contribution in [3.63, 3.8) is 0 Å². The average Bonchev–Trinajstić information content (AvgIpc) is 3.14. The Morgan fingerprint density at radius 2 is 2.27 bits per heavy atom. The molecule has 1 fully saturated rings. The molecule has 1 unspecified atom stereocenters. The van der Waals surface area contributed by atoms with Crippen LogP contribution in [0.25, 0.3) is 0 Å². The average molecular weight is 360 g/mol. The van der Waals surface area contributed by atoms with E-state index in [9.17, 15) is 4.79 Å². The Kier molecular flexibility index (Phi) is 6.19. The van der Waals surface area contributed by atoms with E-state index in [0.717, 1.165) is 6.54 Å². The van der Waals surface area contributed by atoms with E-state index in [1.165, 1.54) is 0 Å². The Bertz CT molecular complexity index is 727. The fourth-order valence-corrected chi connectivity index (χ4v) is 2.86. The molecular weight excluding hydrogens is 336 g/mol. The van der Waals surface area contributed by atoms with Gasteiger partial charge in [-0.25, -0.2) is 0 Å². The van der Waals surface area contributed by atoms with E-state index in [0.29, 0.717) is 49.3 Å². The van der Waals surface area contributed by atoms with Crippen molar-refractivity contribution in [2.24, 2.45) is 0 Å². The predicted octanol–water partition coefficient (Wildman–Crippen LogP) is 1.20. The third-order valence-corrected chi connectivity index (χ3v) is 4.19. The molecule has 0 aliphatic carbocycles. The van der Waals surface area contributed by atoms with Gasteiger partial charge in [-0.05, 0) is 12.1 Å². The van der Waals surface area contributed by atoms with Crippen LogP contribution < -0.4 is 15.0 Å². The summed E-state index contributed by atoms with van der Waals surface area (Å²) in [6.07, 6.45) is 0.606. The highest BCUT2D eigenvalue weighted by molar-refractivity contribution is 5.95. The van der Waals surface area contributed by atoms with E-state index in [-0.39, 0.29) is 18.4 Å². The molecule has 1 saturated heterocycles. The second-order valence-electron chi connectivity index (χ2n) is 6.01. The highest BCUT2D eigenvalue weighted by Crippen LogP contribution is 2.28. The molecule has 3 rings (SSSR count). The summed E-state index contributed by atoms with van der Waals surface area (Å²) >= 11 is 0. The number of morpholine rings is 1. The van der Waals surface area contributed by atoms with Gasteiger partial charge in [0.15, 0.2) is 5.82 Å². The molecule has 8 nitrogen and oxygen atoms in total.